The van der Waals surface area contributed by atoms with Crippen LogP contribution in [0.4, 0.5) is 5.69 Å². The first-order chi connectivity index (χ1) is 8.69. The molecule has 0 aliphatic carbocycles. The minimum absolute atomic E-state index is 0.719. The molecule has 2 nitrogen and oxygen atoms in total. The third kappa shape index (κ3) is 3.40. The lowest BCUT2D eigenvalue weighted by atomic mass is 10.2. The standard InChI is InChI=1S/C14H13BrClNO/c1-18-12-5-2-10(3-6-12)9-17-14-7-4-11(16)8-13(14)15/h2-8,17H,9H2,1H3. The maximum Gasteiger partial charge on any atom is 0.118 e. The molecular weight excluding hydrogens is 314 g/mol. The Kier molecular flexibility index (Phi) is 4.50. The molecule has 0 aliphatic rings. The SMILES string of the molecule is COc1ccc(CNc2ccc(Cl)cc2Br)cc1. The molecule has 0 aromatic heterocycles. The Balaban J connectivity index is 2.02. The molecule has 1 N–H and O–H groups in total. The summed E-state index contributed by atoms with van der Waals surface area (Å²) < 4.78 is 6.08. The third-order valence-corrected chi connectivity index (χ3v) is 3.46. The fraction of sp³-hybridized carbons (Fsp3) is 0.143. The molecule has 94 valence electrons. The Labute approximate surface area is 120 Å². The van der Waals surface area contributed by atoms with Crippen molar-refractivity contribution in [2.75, 3.05) is 12.4 Å². The average Bonchev–Trinajstić information content (AvgIpc) is 2.38. The minimum atomic E-state index is 0.719. The van der Waals surface area contributed by atoms with E-state index in [0.717, 1.165) is 27.5 Å². The van der Waals surface area contributed by atoms with E-state index in [2.05, 4.69) is 21.2 Å². The van der Waals surface area contributed by atoms with Crippen molar-refractivity contribution in [2.45, 2.75) is 6.54 Å². The minimum Gasteiger partial charge on any atom is -0.497 e. The van der Waals surface area contributed by atoms with Crippen molar-refractivity contribution >= 4 is 33.2 Å². The van der Waals surface area contributed by atoms with Crippen LogP contribution >= 0.6 is 27.5 Å². The Bertz CT molecular complexity index is 528. The van der Waals surface area contributed by atoms with Crippen LogP contribution in [0.25, 0.3) is 0 Å². The quantitative estimate of drug-likeness (QED) is 0.877. The van der Waals surface area contributed by atoms with Crippen molar-refractivity contribution in [2.24, 2.45) is 0 Å². The molecule has 0 atom stereocenters. The number of rotatable bonds is 4. The predicted molar refractivity (Wildman–Crippen MR) is 79.5 cm³/mol. The van der Waals surface area contributed by atoms with E-state index in [9.17, 15) is 0 Å². The van der Waals surface area contributed by atoms with Gasteiger partial charge in [-0.15, -0.1) is 0 Å². The molecule has 0 radical (unpaired) electrons. The average molecular weight is 327 g/mol. The normalized spacial score (nSPS) is 10.2. The van der Waals surface area contributed by atoms with Gasteiger partial charge < -0.3 is 10.1 Å². The number of nitrogens with one attached hydrogen (secondary N) is 1. The molecule has 0 saturated heterocycles. The topological polar surface area (TPSA) is 21.3 Å². The van der Waals surface area contributed by atoms with Gasteiger partial charge in [0.1, 0.15) is 5.75 Å². The Morgan fingerprint density at radius 3 is 2.50 bits per heavy atom. The van der Waals surface area contributed by atoms with E-state index < -0.39 is 0 Å². The van der Waals surface area contributed by atoms with E-state index in [-0.39, 0.29) is 0 Å². The third-order valence-electron chi connectivity index (χ3n) is 2.57. The van der Waals surface area contributed by atoms with Crippen LogP contribution in [0, 0.1) is 0 Å². The van der Waals surface area contributed by atoms with Gasteiger partial charge in [0.2, 0.25) is 0 Å². The molecule has 0 unspecified atom stereocenters. The highest BCUT2D eigenvalue weighted by molar-refractivity contribution is 9.10. The van der Waals surface area contributed by atoms with Gasteiger partial charge in [-0.05, 0) is 51.8 Å². The maximum absolute atomic E-state index is 5.90. The van der Waals surface area contributed by atoms with Gasteiger partial charge >= 0.3 is 0 Å². The first kappa shape index (κ1) is 13.2. The number of hydrogen-bond donors (Lipinski definition) is 1. The molecular formula is C14H13BrClNO. The lowest BCUT2D eigenvalue weighted by molar-refractivity contribution is 0.414. The molecule has 18 heavy (non-hydrogen) atoms. The first-order valence-corrected chi connectivity index (χ1v) is 6.68. The smallest absolute Gasteiger partial charge is 0.118 e. The van der Waals surface area contributed by atoms with E-state index in [4.69, 9.17) is 16.3 Å². The van der Waals surface area contributed by atoms with Crippen molar-refractivity contribution in [1.29, 1.82) is 0 Å². The summed E-state index contributed by atoms with van der Waals surface area (Å²) in [5, 5.41) is 4.07. The number of ether oxygens (including phenoxy) is 1. The Hall–Kier alpha value is -1.19. The van der Waals surface area contributed by atoms with E-state index in [1.807, 2.05) is 42.5 Å². The van der Waals surface area contributed by atoms with Gasteiger partial charge in [-0.2, -0.15) is 0 Å². The molecule has 0 bridgehead atoms. The second-order valence-electron chi connectivity index (χ2n) is 3.83. The second kappa shape index (κ2) is 6.12. The van der Waals surface area contributed by atoms with Crippen LogP contribution < -0.4 is 10.1 Å². The van der Waals surface area contributed by atoms with Crippen LogP contribution in [-0.4, -0.2) is 7.11 Å². The van der Waals surface area contributed by atoms with Gasteiger partial charge in [-0.1, -0.05) is 23.7 Å². The maximum atomic E-state index is 5.90. The summed E-state index contributed by atoms with van der Waals surface area (Å²) >= 11 is 9.37. The van der Waals surface area contributed by atoms with Crippen molar-refractivity contribution in [3.63, 3.8) is 0 Å². The number of methoxy groups -OCH3 is 1. The number of anilines is 1. The van der Waals surface area contributed by atoms with Crippen LogP contribution in [-0.2, 0) is 6.54 Å². The summed E-state index contributed by atoms with van der Waals surface area (Å²) in [4.78, 5) is 0. The van der Waals surface area contributed by atoms with E-state index >= 15 is 0 Å². The molecule has 0 aliphatic heterocycles. The lowest BCUT2D eigenvalue weighted by Gasteiger charge is -2.09. The van der Waals surface area contributed by atoms with E-state index in [0.29, 0.717) is 0 Å². The summed E-state index contributed by atoms with van der Waals surface area (Å²) in [5.41, 5.74) is 2.22. The van der Waals surface area contributed by atoms with Crippen LogP contribution in [0.1, 0.15) is 5.56 Å². The molecule has 2 aromatic rings. The predicted octanol–water partition coefficient (Wildman–Crippen LogP) is 4.72. The second-order valence-corrected chi connectivity index (χ2v) is 5.12. The molecule has 0 saturated carbocycles. The van der Waals surface area contributed by atoms with E-state index in [1.165, 1.54) is 5.56 Å². The van der Waals surface area contributed by atoms with Gasteiger partial charge in [0, 0.05) is 21.7 Å². The summed E-state index contributed by atoms with van der Waals surface area (Å²) in [6, 6.07) is 13.7. The molecule has 2 rings (SSSR count). The van der Waals surface area contributed by atoms with Gasteiger partial charge in [-0.3, -0.25) is 0 Å². The molecule has 0 fully saturated rings. The van der Waals surface area contributed by atoms with Crippen LogP contribution in [0.3, 0.4) is 0 Å². The zero-order valence-electron chi connectivity index (χ0n) is 9.91. The Morgan fingerprint density at radius 1 is 1.17 bits per heavy atom. The number of hydrogen-bond acceptors (Lipinski definition) is 2. The van der Waals surface area contributed by atoms with Gasteiger partial charge in [0.15, 0.2) is 0 Å². The zero-order chi connectivity index (χ0) is 13.0. The van der Waals surface area contributed by atoms with Crippen LogP contribution in [0.2, 0.25) is 5.02 Å². The highest BCUT2D eigenvalue weighted by Crippen LogP contribution is 2.26. The summed E-state index contributed by atoms with van der Waals surface area (Å²) in [5.74, 6) is 0.867. The highest BCUT2D eigenvalue weighted by Gasteiger charge is 2.00. The Morgan fingerprint density at radius 2 is 1.89 bits per heavy atom. The summed E-state index contributed by atoms with van der Waals surface area (Å²) in [6.07, 6.45) is 0. The molecule has 0 amide bonds. The van der Waals surface area contributed by atoms with E-state index in [1.54, 1.807) is 7.11 Å². The van der Waals surface area contributed by atoms with Crippen molar-refractivity contribution in [3.8, 4) is 5.75 Å². The zero-order valence-corrected chi connectivity index (χ0v) is 12.3. The number of halogens is 2. The van der Waals surface area contributed by atoms with Gasteiger partial charge in [0.05, 0.1) is 7.11 Å². The first-order valence-electron chi connectivity index (χ1n) is 5.51. The van der Waals surface area contributed by atoms with Crippen LogP contribution in [0.5, 0.6) is 5.75 Å². The van der Waals surface area contributed by atoms with Crippen LogP contribution in [0.15, 0.2) is 46.9 Å². The van der Waals surface area contributed by atoms with Crippen molar-refractivity contribution in [1.82, 2.24) is 0 Å². The fourth-order valence-electron chi connectivity index (χ4n) is 1.57. The van der Waals surface area contributed by atoms with Crippen molar-refractivity contribution in [3.05, 3.63) is 57.5 Å². The largest absolute Gasteiger partial charge is 0.497 e. The molecule has 0 heterocycles. The molecule has 0 spiro atoms. The summed E-state index contributed by atoms with van der Waals surface area (Å²) in [6.45, 7) is 0.754. The summed E-state index contributed by atoms with van der Waals surface area (Å²) in [7, 11) is 1.66. The monoisotopic (exact) mass is 325 g/mol. The lowest BCUT2D eigenvalue weighted by Crippen LogP contribution is -1.99. The van der Waals surface area contributed by atoms with Gasteiger partial charge in [0.25, 0.3) is 0 Å². The fourth-order valence-corrected chi connectivity index (χ4v) is 2.40. The molecule has 2 aromatic carbocycles. The highest BCUT2D eigenvalue weighted by atomic mass is 79.9. The number of benzene rings is 2. The van der Waals surface area contributed by atoms with Gasteiger partial charge in [-0.25, -0.2) is 0 Å². The molecule has 4 heteroatoms. The van der Waals surface area contributed by atoms with Crippen molar-refractivity contribution < 1.29 is 4.74 Å².